The van der Waals surface area contributed by atoms with Crippen molar-refractivity contribution in [3.05, 3.63) is 28.8 Å². The van der Waals surface area contributed by atoms with Crippen molar-refractivity contribution in [2.45, 2.75) is 32.1 Å². The van der Waals surface area contributed by atoms with E-state index in [0.29, 0.717) is 10.9 Å². The second-order valence-electron chi connectivity index (χ2n) is 5.35. The molecule has 90 valence electrons. The van der Waals surface area contributed by atoms with Crippen molar-refractivity contribution in [3.63, 3.8) is 0 Å². The van der Waals surface area contributed by atoms with E-state index in [1.807, 2.05) is 18.2 Å². The highest BCUT2D eigenvalue weighted by atomic mass is 35.5. The Kier molecular flexibility index (Phi) is 2.62. The molecule has 1 N–H and O–H groups in total. The quantitative estimate of drug-likeness (QED) is 0.806. The summed E-state index contributed by atoms with van der Waals surface area (Å²) in [6.07, 6.45) is 3.56. The third-order valence-corrected chi connectivity index (χ3v) is 4.43. The molecule has 0 saturated heterocycles. The van der Waals surface area contributed by atoms with Gasteiger partial charge in [0.15, 0.2) is 0 Å². The van der Waals surface area contributed by atoms with Crippen LogP contribution in [0.5, 0.6) is 0 Å². The molecule has 1 heterocycles. The molecule has 0 bridgehead atoms. The molecule has 3 heteroatoms. The molecule has 1 saturated carbocycles. The zero-order chi connectivity index (χ0) is 12.0. The van der Waals surface area contributed by atoms with E-state index in [1.54, 1.807) is 0 Å². The lowest BCUT2D eigenvalue weighted by molar-refractivity contribution is -0.118. The number of halogens is 1. The van der Waals surface area contributed by atoms with E-state index in [4.69, 9.17) is 11.6 Å². The lowest BCUT2D eigenvalue weighted by Gasteiger charge is -2.16. The molecule has 1 aliphatic heterocycles. The number of hydrogen-bond donors (Lipinski definition) is 1. The molecule has 3 atom stereocenters. The van der Waals surface area contributed by atoms with E-state index < -0.39 is 0 Å². The molecular weight excluding hydrogens is 234 g/mol. The molecule has 1 aliphatic carbocycles. The number of carbonyl (C=O) groups is 1. The van der Waals surface area contributed by atoms with Gasteiger partial charge in [-0.25, -0.2) is 0 Å². The first kappa shape index (κ1) is 11.1. The minimum absolute atomic E-state index is 0.0219. The van der Waals surface area contributed by atoms with Crippen molar-refractivity contribution in [3.8, 4) is 0 Å². The predicted octanol–water partition coefficient (Wildman–Crippen LogP) is 3.81. The summed E-state index contributed by atoms with van der Waals surface area (Å²) < 4.78 is 0. The topological polar surface area (TPSA) is 29.1 Å². The number of nitrogens with one attached hydrogen (secondary N) is 1. The summed E-state index contributed by atoms with van der Waals surface area (Å²) in [5, 5.41) is 3.59. The maximum atomic E-state index is 12.1. The standard InChI is InChI=1S/C14H16ClNO/c1-8-5-6-9(7-8)12-10-3-2-4-11(15)13(10)16-14(12)17/h2-4,8-9,12H,5-7H2,1H3,(H,16,17). The molecule has 17 heavy (non-hydrogen) atoms. The minimum Gasteiger partial charge on any atom is -0.324 e. The Balaban J connectivity index is 1.97. The summed E-state index contributed by atoms with van der Waals surface area (Å²) >= 11 is 6.12. The van der Waals surface area contributed by atoms with Gasteiger partial charge in [-0.3, -0.25) is 4.79 Å². The van der Waals surface area contributed by atoms with Crippen molar-refractivity contribution < 1.29 is 4.79 Å². The molecule has 2 aliphatic rings. The monoisotopic (exact) mass is 249 g/mol. The predicted molar refractivity (Wildman–Crippen MR) is 69.3 cm³/mol. The lowest BCUT2D eigenvalue weighted by Crippen LogP contribution is -2.19. The number of hydrogen-bond acceptors (Lipinski definition) is 1. The average molecular weight is 250 g/mol. The van der Waals surface area contributed by atoms with Gasteiger partial charge in [-0.15, -0.1) is 0 Å². The van der Waals surface area contributed by atoms with Crippen LogP contribution in [0.3, 0.4) is 0 Å². The summed E-state index contributed by atoms with van der Waals surface area (Å²) in [5.74, 6) is 1.39. The van der Waals surface area contributed by atoms with Crippen molar-refractivity contribution in [2.24, 2.45) is 11.8 Å². The first-order valence-electron chi connectivity index (χ1n) is 6.26. The largest absolute Gasteiger partial charge is 0.324 e. The van der Waals surface area contributed by atoms with Crippen LogP contribution in [0.4, 0.5) is 5.69 Å². The van der Waals surface area contributed by atoms with Gasteiger partial charge in [0.1, 0.15) is 0 Å². The summed E-state index contributed by atoms with van der Waals surface area (Å²) in [6.45, 7) is 2.27. The van der Waals surface area contributed by atoms with Gasteiger partial charge in [0.05, 0.1) is 16.6 Å². The van der Waals surface area contributed by atoms with Crippen LogP contribution in [0.15, 0.2) is 18.2 Å². The Hall–Kier alpha value is -1.02. The first-order chi connectivity index (χ1) is 8.16. The number of amides is 1. The molecule has 1 aromatic rings. The van der Waals surface area contributed by atoms with E-state index in [2.05, 4.69) is 12.2 Å². The van der Waals surface area contributed by atoms with Crippen molar-refractivity contribution in [2.75, 3.05) is 5.32 Å². The van der Waals surface area contributed by atoms with Crippen LogP contribution in [0, 0.1) is 11.8 Å². The summed E-state index contributed by atoms with van der Waals surface area (Å²) in [7, 11) is 0. The highest BCUT2D eigenvalue weighted by Crippen LogP contribution is 2.47. The third kappa shape index (κ3) is 1.75. The van der Waals surface area contributed by atoms with Crippen LogP contribution >= 0.6 is 11.6 Å². The third-order valence-electron chi connectivity index (χ3n) is 4.12. The highest BCUT2D eigenvalue weighted by molar-refractivity contribution is 6.34. The maximum Gasteiger partial charge on any atom is 0.232 e. The Labute approximate surface area is 106 Å². The molecule has 1 aromatic carbocycles. The molecule has 1 amide bonds. The van der Waals surface area contributed by atoms with Gasteiger partial charge in [-0.2, -0.15) is 0 Å². The van der Waals surface area contributed by atoms with Crippen molar-refractivity contribution in [1.29, 1.82) is 0 Å². The van der Waals surface area contributed by atoms with E-state index in [-0.39, 0.29) is 11.8 Å². The van der Waals surface area contributed by atoms with Gasteiger partial charge in [0, 0.05) is 0 Å². The second kappa shape index (κ2) is 4.02. The minimum atomic E-state index is 0.0219. The summed E-state index contributed by atoms with van der Waals surface area (Å²) in [6, 6.07) is 5.81. The van der Waals surface area contributed by atoms with Gasteiger partial charge >= 0.3 is 0 Å². The fourth-order valence-electron chi connectivity index (χ4n) is 3.30. The van der Waals surface area contributed by atoms with E-state index in [9.17, 15) is 4.79 Å². The highest BCUT2D eigenvalue weighted by Gasteiger charge is 2.40. The van der Waals surface area contributed by atoms with Crippen LogP contribution in [0.1, 0.15) is 37.7 Å². The van der Waals surface area contributed by atoms with Crippen molar-refractivity contribution >= 4 is 23.2 Å². The zero-order valence-electron chi connectivity index (χ0n) is 9.87. The van der Waals surface area contributed by atoms with Gasteiger partial charge in [0.25, 0.3) is 0 Å². The maximum absolute atomic E-state index is 12.1. The molecule has 3 rings (SSSR count). The molecule has 0 aromatic heterocycles. The number of para-hydroxylation sites is 1. The average Bonchev–Trinajstić information content (AvgIpc) is 2.82. The molecule has 0 spiro atoms. The van der Waals surface area contributed by atoms with Crippen LogP contribution in [-0.2, 0) is 4.79 Å². The van der Waals surface area contributed by atoms with Gasteiger partial charge in [0.2, 0.25) is 5.91 Å². The lowest BCUT2D eigenvalue weighted by atomic mass is 9.85. The van der Waals surface area contributed by atoms with E-state index >= 15 is 0 Å². The zero-order valence-corrected chi connectivity index (χ0v) is 10.6. The number of fused-ring (bicyclic) bond motifs is 1. The van der Waals surface area contributed by atoms with E-state index in [1.165, 1.54) is 6.42 Å². The first-order valence-corrected chi connectivity index (χ1v) is 6.64. The van der Waals surface area contributed by atoms with Gasteiger partial charge in [-0.05, 0) is 36.3 Å². The molecular formula is C14H16ClNO. The fraction of sp³-hybridized carbons (Fsp3) is 0.500. The smallest absolute Gasteiger partial charge is 0.232 e. The number of carbonyl (C=O) groups excluding carboxylic acids is 1. The Bertz CT molecular complexity index is 471. The normalized spacial score (nSPS) is 31.4. The second-order valence-corrected chi connectivity index (χ2v) is 5.76. The van der Waals surface area contributed by atoms with Gasteiger partial charge < -0.3 is 5.32 Å². The summed E-state index contributed by atoms with van der Waals surface area (Å²) in [5.41, 5.74) is 1.94. The molecule has 2 nitrogen and oxygen atoms in total. The Morgan fingerprint density at radius 2 is 2.18 bits per heavy atom. The van der Waals surface area contributed by atoms with Crippen LogP contribution in [0.2, 0.25) is 5.02 Å². The van der Waals surface area contributed by atoms with Crippen molar-refractivity contribution in [1.82, 2.24) is 0 Å². The SMILES string of the molecule is CC1CCC(C2C(=O)Nc3c(Cl)cccc32)C1. The van der Waals surface area contributed by atoms with Crippen LogP contribution in [0.25, 0.3) is 0 Å². The fourth-order valence-corrected chi connectivity index (χ4v) is 3.53. The Morgan fingerprint density at radius 3 is 2.88 bits per heavy atom. The summed E-state index contributed by atoms with van der Waals surface area (Å²) in [4.78, 5) is 12.1. The molecule has 0 radical (unpaired) electrons. The number of anilines is 1. The van der Waals surface area contributed by atoms with Crippen LogP contribution < -0.4 is 5.32 Å². The van der Waals surface area contributed by atoms with Gasteiger partial charge in [-0.1, -0.05) is 37.1 Å². The van der Waals surface area contributed by atoms with Crippen LogP contribution in [-0.4, -0.2) is 5.91 Å². The molecule has 3 unspecified atom stereocenters. The molecule has 1 fully saturated rings. The number of benzene rings is 1. The Morgan fingerprint density at radius 1 is 1.35 bits per heavy atom. The number of rotatable bonds is 1. The van der Waals surface area contributed by atoms with E-state index in [0.717, 1.165) is 30.0 Å².